The second-order valence-electron chi connectivity index (χ2n) is 6.36. The molecule has 1 aliphatic rings. The normalized spacial score (nSPS) is 15.0. The van der Waals surface area contributed by atoms with Crippen molar-refractivity contribution in [2.24, 2.45) is 0 Å². The molecule has 6 heteroatoms. The van der Waals surface area contributed by atoms with Crippen molar-refractivity contribution in [1.82, 2.24) is 9.80 Å². The standard InChI is InChI=1S/C19H23N3O2S/c1-20(2)16-8-6-15(7-9-16)18(23)21-10-4-11-22(13-12-21)19(24)17-5-3-14-25-17/h3,5-9,14H,4,10-13H2,1-2H3. The fourth-order valence-electron chi connectivity index (χ4n) is 2.96. The Morgan fingerprint density at radius 3 is 2.12 bits per heavy atom. The molecule has 5 nitrogen and oxygen atoms in total. The molecular formula is C19H23N3O2S. The van der Waals surface area contributed by atoms with Crippen LogP contribution in [0.25, 0.3) is 0 Å². The van der Waals surface area contributed by atoms with E-state index in [1.807, 2.05) is 70.6 Å². The van der Waals surface area contributed by atoms with Crippen molar-refractivity contribution in [2.75, 3.05) is 45.2 Å². The molecule has 2 aromatic rings. The Morgan fingerprint density at radius 1 is 0.920 bits per heavy atom. The molecule has 0 saturated carbocycles. The highest BCUT2D eigenvalue weighted by Crippen LogP contribution is 2.17. The molecule has 0 N–H and O–H groups in total. The average Bonchev–Trinajstić information content (AvgIpc) is 3.05. The second-order valence-corrected chi connectivity index (χ2v) is 7.30. The number of carbonyl (C=O) groups excluding carboxylic acids is 2. The number of hydrogen-bond acceptors (Lipinski definition) is 4. The number of hydrogen-bond donors (Lipinski definition) is 0. The minimum Gasteiger partial charge on any atom is -0.378 e. The lowest BCUT2D eigenvalue weighted by molar-refractivity contribution is 0.0721. The topological polar surface area (TPSA) is 43.9 Å². The van der Waals surface area contributed by atoms with Crippen LogP contribution in [0.4, 0.5) is 5.69 Å². The molecular weight excluding hydrogens is 334 g/mol. The predicted octanol–water partition coefficient (Wildman–Crippen LogP) is 2.80. The van der Waals surface area contributed by atoms with E-state index in [0.29, 0.717) is 31.7 Å². The Balaban J connectivity index is 1.64. The maximum absolute atomic E-state index is 12.7. The van der Waals surface area contributed by atoms with Crippen molar-refractivity contribution in [3.8, 4) is 0 Å². The van der Waals surface area contributed by atoms with Crippen molar-refractivity contribution in [1.29, 1.82) is 0 Å². The molecule has 1 aliphatic heterocycles. The van der Waals surface area contributed by atoms with E-state index in [4.69, 9.17) is 0 Å². The molecule has 2 heterocycles. The Labute approximate surface area is 152 Å². The summed E-state index contributed by atoms with van der Waals surface area (Å²) in [5.74, 6) is 0.107. The molecule has 1 fully saturated rings. The van der Waals surface area contributed by atoms with E-state index in [1.54, 1.807) is 0 Å². The zero-order valence-corrected chi connectivity index (χ0v) is 15.5. The zero-order valence-electron chi connectivity index (χ0n) is 14.6. The van der Waals surface area contributed by atoms with Gasteiger partial charge in [0.05, 0.1) is 4.88 Å². The van der Waals surface area contributed by atoms with Crippen LogP contribution in [0.5, 0.6) is 0 Å². The third-order valence-corrected chi connectivity index (χ3v) is 5.29. The molecule has 25 heavy (non-hydrogen) atoms. The van der Waals surface area contributed by atoms with Crippen molar-refractivity contribution < 1.29 is 9.59 Å². The molecule has 1 saturated heterocycles. The second kappa shape index (κ2) is 7.70. The molecule has 132 valence electrons. The Hall–Kier alpha value is -2.34. The van der Waals surface area contributed by atoms with E-state index in [0.717, 1.165) is 17.0 Å². The first-order chi connectivity index (χ1) is 12.1. The van der Waals surface area contributed by atoms with E-state index >= 15 is 0 Å². The summed E-state index contributed by atoms with van der Waals surface area (Å²) in [7, 11) is 3.95. The highest BCUT2D eigenvalue weighted by molar-refractivity contribution is 7.12. The van der Waals surface area contributed by atoms with E-state index in [-0.39, 0.29) is 11.8 Å². The van der Waals surface area contributed by atoms with Crippen LogP contribution in [0.15, 0.2) is 41.8 Å². The highest BCUT2D eigenvalue weighted by Gasteiger charge is 2.23. The van der Waals surface area contributed by atoms with Gasteiger partial charge in [0.1, 0.15) is 0 Å². The Morgan fingerprint density at radius 2 is 1.56 bits per heavy atom. The molecule has 3 rings (SSSR count). The summed E-state index contributed by atoms with van der Waals surface area (Å²) >= 11 is 1.46. The molecule has 1 aromatic heterocycles. The van der Waals surface area contributed by atoms with Gasteiger partial charge in [-0.25, -0.2) is 0 Å². The minimum absolute atomic E-state index is 0.0377. The molecule has 0 spiro atoms. The van der Waals surface area contributed by atoms with Gasteiger partial charge in [-0.05, 0) is 42.1 Å². The van der Waals surface area contributed by atoms with Gasteiger partial charge < -0.3 is 14.7 Å². The molecule has 0 unspecified atom stereocenters. The summed E-state index contributed by atoms with van der Waals surface area (Å²) in [4.78, 5) is 31.7. The van der Waals surface area contributed by atoms with Gasteiger partial charge in [-0.2, -0.15) is 0 Å². The quantitative estimate of drug-likeness (QED) is 0.848. The van der Waals surface area contributed by atoms with Crippen LogP contribution in [0.3, 0.4) is 0 Å². The summed E-state index contributed by atoms with van der Waals surface area (Å²) in [6.07, 6.45) is 0.804. The summed E-state index contributed by atoms with van der Waals surface area (Å²) in [5.41, 5.74) is 1.77. The minimum atomic E-state index is 0.0377. The summed E-state index contributed by atoms with van der Waals surface area (Å²) in [6, 6.07) is 11.4. The summed E-state index contributed by atoms with van der Waals surface area (Å²) < 4.78 is 0. The Kier molecular flexibility index (Phi) is 5.38. The number of carbonyl (C=O) groups is 2. The molecule has 1 aromatic carbocycles. The van der Waals surface area contributed by atoms with Crippen LogP contribution < -0.4 is 4.90 Å². The van der Waals surface area contributed by atoms with Crippen molar-refractivity contribution in [2.45, 2.75) is 6.42 Å². The maximum atomic E-state index is 12.7. The van der Waals surface area contributed by atoms with Gasteiger partial charge in [-0.3, -0.25) is 9.59 Å². The lowest BCUT2D eigenvalue weighted by atomic mass is 10.1. The van der Waals surface area contributed by atoms with Gasteiger partial charge in [0.15, 0.2) is 0 Å². The van der Waals surface area contributed by atoms with Gasteiger partial charge in [0.25, 0.3) is 11.8 Å². The number of nitrogens with zero attached hydrogens (tertiary/aromatic N) is 3. The van der Waals surface area contributed by atoms with Gasteiger partial charge in [0, 0.05) is 51.5 Å². The number of rotatable bonds is 3. The first kappa shape index (κ1) is 17.5. The molecule has 0 radical (unpaired) electrons. The smallest absolute Gasteiger partial charge is 0.263 e. The van der Waals surface area contributed by atoms with Gasteiger partial charge in [-0.1, -0.05) is 6.07 Å². The number of anilines is 1. The molecule has 0 bridgehead atoms. The largest absolute Gasteiger partial charge is 0.378 e. The maximum Gasteiger partial charge on any atom is 0.263 e. The van der Waals surface area contributed by atoms with Crippen LogP contribution >= 0.6 is 11.3 Å². The van der Waals surface area contributed by atoms with Crippen molar-refractivity contribution in [3.63, 3.8) is 0 Å². The van der Waals surface area contributed by atoms with E-state index in [9.17, 15) is 9.59 Å². The van der Waals surface area contributed by atoms with Gasteiger partial charge in [-0.15, -0.1) is 11.3 Å². The fraction of sp³-hybridized carbons (Fsp3) is 0.368. The van der Waals surface area contributed by atoms with Gasteiger partial charge >= 0.3 is 0 Å². The number of benzene rings is 1. The van der Waals surface area contributed by atoms with Crippen molar-refractivity contribution in [3.05, 3.63) is 52.2 Å². The summed E-state index contributed by atoms with van der Waals surface area (Å²) in [6.45, 7) is 2.53. The number of amides is 2. The first-order valence-corrected chi connectivity index (χ1v) is 9.33. The lowest BCUT2D eigenvalue weighted by Crippen LogP contribution is -2.37. The third-order valence-electron chi connectivity index (χ3n) is 4.43. The fourth-order valence-corrected chi connectivity index (χ4v) is 3.66. The molecule has 0 atom stereocenters. The van der Waals surface area contributed by atoms with Gasteiger partial charge in [0.2, 0.25) is 0 Å². The SMILES string of the molecule is CN(C)c1ccc(C(=O)N2CCCN(C(=O)c3cccs3)CC2)cc1. The van der Waals surface area contributed by atoms with E-state index in [1.165, 1.54) is 11.3 Å². The first-order valence-electron chi connectivity index (χ1n) is 8.45. The lowest BCUT2D eigenvalue weighted by Gasteiger charge is -2.22. The zero-order chi connectivity index (χ0) is 17.8. The average molecular weight is 357 g/mol. The molecule has 0 aliphatic carbocycles. The van der Waals surface area contributed by atoms with Crippen LogP contribution in [-0.4, -0.2) is 61.9 Å². The number of thiophene rings is 1. The molecule has 2 amide bonds. The predicted molar refractivity (Wildman–Crippen MR) is 102 cm³/mol. The Bertz CT molecular complexity index is 726. The summed E-state index contributed by atoms with van der Waals surface area (Å²) in [5, 5.41) is 1.91. The van der Waals surface area contributed by atoms with Crippen LogP contribution in [0, 0.1) is 0 Å². The van der Waals surface area contributed by atoms with Crippen LogP contribution in [0.2, 0.25) is 0 Å². The van der Waals surface area contributed by atoms with E-state index < -0.39 is 0 Å². The van der Waals surface area contributed by atoms with Crippen LogP contribution in [-0.2, 0) is 0 Å². The van der Waals surface area contributed by atoms with Crippen LogP contribution in [0.1, 0.15) is 26.5 Å². The van der Waals surface area contributed by atoms with Crippen molar-refractivity contribution >= 4 is 28.8 Å². The third kappa shape index (κ3) is 4.02. The monoisotopic (exact) mass is 357 g/mol. The van der Waals surface area contributed by atoms with E-state index in [2.05, 4.69) is 0 Å². The highest BCUT2D eigenvalue weighted by atomic mass is 32.1.